The fraction of sp³-hybridized carbons (Fsp3) is 0.214. The Bertz CT molecular complexity index is 540. The van der Waals surface area contributed by atoms with Gasteiger partial charge in [-0.3, -0.25) is 0 Å². The van der Waals surface area contributed by atoms with E-state index in [1.54, 1.807) is 13.3 Å². The summed E-state index contributed by atoms with van der Waals surface area (Å²) in [4.78, 5) is 4.24. The molecular weight excluding hydrogens is 226 g/mol. The molecule has 94 valence electrons. The Kier molecular flexibility index (Phi) is 3.79. The van der Waals surface area contributed by atoms with Crippen molar-refractivity contribution in [3.05, 3.63) is 47.7 Å². The van der Waals surface area contributed by atoms with Gasteiger partial charge in [-0.05, 0) is 36.2 Å². The second-order valence-electron chi connectivity index (χ2n) is 4.15. The van der Waals surface area contributed by atoms with Gasteiger partial charge in [-0.2, -0.15) is 0 Å². The average Bonchev–Trinajstić information content (AvgIpc) is 2.36. The number of nitrogen functional groups attached to an aromatic ring is 1. The molecule has 4 heteroatoms. The topological polar surface area (TPSA) is 60.2 Å². The number of aromatic nitrogens is 1. The van der Waals surface area contributed by atoms with E-state index in [-0.39, 0.29) is 0 Å². The van der Waals surface area contributed by atoms with Gasteiger partial charge < -0.3 is 15.8 Å². The largest absolute Gasteiger partial charge is 0.396 e. The fourth-order valence-electron chi connectivity index (χ4n) is 1.71. The van der Waals surface area contributed by atoms with Crippen LogP contribution in [0.3, 0.4) is 0 Å². The zero-order valence-corrected chi connectivity index (χ0v) is 10.6. The minimum absolute atomic E-state index is 0.590. The predicted molar refractivity (Wildman–Crippen MR) is 73.8 cm³/mol. The molecule has 1 heterocycles. The van der Waals surface area contributed by atoms with Gasteiger partial charge in [0.05, 0.1) is 12.3 Å². The molecule has 1 aromatic carbocycles. The van der Waals surface area contributed by atoms with Gasteiger partial charge in [0.25, 0.3) is 0 Å². The maximum atomic E-state index is 5.98. The third kappa shape index (κ3) is 2.78. The summed E-state index contributed by atoms with van der Waals surface area (Å²) in [6, 6.07) is 9.88. The molecule has 3 N–H and O–H groups in total. The van der Waals surface area contributed by atoms with Gasteiger partial charge in [0.1, 0.15) is 0 Å². The van der Waals surface area contributed by atoms with Crippen molar-refractivity contribution in [3.8, 4) is 0 Å². The van der Waals surface area contributed by atoms with Crippen LogP contribution in [0.5, 0.6) is 0 Å². The molecule has 0 aliphatic heterocycles. The molecule has 0 amide bonds. The van der Waals surface area contributed by atoms with Crippen LogP contribution in [-0.2, 0) is 11.3 Å². The molecule has 4 nitrogen and oxygen atoms in total. The summed E-state index contributed by atoms with van der Waals surface area (Å²) in [6.45, 7) is 2.55. The number of benzene rings is 1. The van der Waals surface area contributed by atoms with Gasteiger partial charge in [0.15, 0.2) is 5.82 Å². The second-order valence-corrected chi connectivity index (χ2v) is 4.15. The highest BCUT2D eigenvalue weighted by atomic mass is 16.5. The van der Waals surface area contributed by atoms with Gasteiger partial charge in [-0.1, -0.05) is 12.1 Å². The van der Waals surface area contributed by atoms with Crippen LogP contribution < -0.4 is 11.1 Å². The van der Waals surface area contributed by atoms with E-state index >= 15 is 0 Å². The number of methoxy groups -OCH3 is 1. The SMILES string of the molecule is COCc1cccc(Nc2nccc(C)c2N)c1. The lowest BCUT2D eigenvalue weighted by Gasteiger charge is -2.10. The van der Waals surface area contributed by atoms with Crippen LogP contribution >= 0.6 is 0 Å². The summed E-state index contributed by atoms with van der Waals surface area (Å²) in [7, 11) is 1.68. The number of nitrogens with one attached hydrogen (secondary N) is 1. The van der Waals surface area contributed by atoms with Crippen molar-refractivity contribution >= 4 is 17.2 Å². The quantitative estimate of drug-likeness (QED) is 0.866. The summed E-state index contributed by atoms with van der Waals surface area (Å²) in [5.41, 5.74) is 9.73. The Morgan fingerprint density at radius 2 is 2.17 bits per heavy atom. The van der Waals surface area contributed by atoms with Gasteiger partial charge in [0, 0.05) is 19.0 Å². The number of ether oxygens (including phenoxy) is 1. The summed E-state index contributed by atoms with van der Waals surface area (Å²) >= 11 is 0. The normalized spacial score (nSPS) is 10.3. The first-order valence-electron chi connectivity index (χ1n) is 5.76. The van der Waals surface area contributed by atoms with E-state index < -0.39 is 0 Å². The summed E-state index contributed by atoms with van der Waals surface area (Å²) in [5.74, 6) is 0.685. The highest BCUT2D eigenvalue weighted by Crippen LogP contribution is 2.23. The van der Waals surface area contributed by atoms with Crippen molar-refractivity contribution in [1.29, 1.82) is 0 Å². The second kappa shape index (κ2) is 5.51. The number of nitrogens with zero attached hydrogens (tertiary/aromatic N) is 1. The number of aryl methyl sites for hydroxylation is 1. The van der Waals surface area contributed by atoms with Crippen LogP contribution in [0.1, 0.15) is 11.1 Å². The molecule has 2 rings (SSSR count). The fourth-order valence-corrected chi connectivity index (χ4v) is 1.71. The summed E-state index contributed by atoms with van der Waals surface area (Å²) in [5, 5.41) is 3.22. The first kappa shape index (κ1) is 12.4. The third-order valence-electron chi connectivity index (χ3n) is 2.71. The number of anilines is 3. The smallest absolute Gasteiger partial charge is 0.153 e. The average molecular weight is 243 g/mol. The summed E-state index contributed by atoms with van der Waals surface area (Å²) in [6.07, 6.45) is 1.74. The van der Waals surface area contributed by atoms with Crippen molar-refractivity contribution in [1.82, 2.24) is 4.98 Å². The molecule has 2 aromatic rings. The third-order valence-corrected chi connectivity index (χ3v) is 2.71. The monoisotopic (exact) mass is 243 g/mol. The predicted octanol–water partition coefficient (Wildman–Crippen LogP) is 2.86. The molecule has 0 radical (unpaired) electrons. The van der Waals surface area contributed by atoms with Crippen LogP contribution in [-0.4, -0.2) is 12.1 Å². The number of hydrogen-bond donors (Lipinski definition) is 2. The van der Waals surface area contributed by atoms with Crippen LogP contribution in [0.4, 0.5) is 17.2 Å². The minimum atomic E-state index is 0.590. The molecule has 18 heavy (non-hydrogen) atoms. The van der Waals surface area contributed by atoms with Crippen molar-refractivity contribution < 1.29 is 4.74 Å². The number of hydrogen-bond acceptors (Lipinski definition) is 4. The zero-order valence-electron chi connectivity index (χ0n) is 10.6. The molecule has 0 saturated carbocycles. The van der Waals surface area contributed by atoms with Gasteiger partial charge in [0.2, 0.25) is 0 Å². The Labute approximate surface area is 107 Å². The van der Waals surface area contributed by atoms with E-state index in [0.29, 0.717) is 18.1 Å². The maximum Gasteiger partial charge on any atom is 0.153 e. The molecule has 0 aliphatic rings. The van der Waals surface area contributed by atoms with Gasteiger partial charge in [-0.15, -0.1) is 0 Å². The Morgan fingerprint density at radius 3 is 2.94 bits per heavy atom. The van der Waals surface area contributed by atoms with E-state index in [1.165, 1.54) is 0 Å². The Hall–Kier alpha value is -2.07. The first-order chi connectivity index (χ1) is 8.70. The Balaban J connectivity index is 2.23. The molecule has 0 fully saturated rings. The van der Waals surface area contributed by atoms with Crippen molar-refractivity contribution in [2.24, 2.45) is 0 Å². The number of nitrogens with two attached hydrogens (primary N) is 1. The molecule has 0 atom stereocenters. The molecule has 0 bridgehead atoms. The number of rotatable bonds is 4. The Morgan fingerprint density at radius 1 is 1.33 bits per heavy atom. The summed E-state index contributed by atoms with van der Waals surface area (Å²) < 4.78 is 5.11. The minimum Gasteiger partial charge on any atom is -0.396 e. The lowest BCUT2D eigenvalue weighted by Crippen LogP contribution is -2.01. The van der Waals surface area contributed by atoms with Gasteiger partial charge >= 0.3 is 0 Å². The van der Waals surface area contributed by atoms with Crippen LogP contribution in [0.25, 0.3) is 0 Å². The molecular formula is C14H17N3O. The van der Waals surface area contributed by atoms with Crippen LogP contribution in [0.15, 0.2) is 36.5 Å². The van der Waals surface area contributed by atoms with E-state index in [9.17, 15) is 0 Å². The van der Waals surface area contributed by atoms with Crippen LogP contribution in [0, 0.1) is 6.92 Å². The highest BCUT2D eigenvalue weighted by molar-refractivity contribution is 5.71. The molecule has 0 aliphatic carbocycles. The van der Waals surface area contributed by atoms with E-state index in [0.717, 1.165) is 16.8 Å². The molecule has 0 saturated heterocycles. The standard InChI is InChI=1S/C14H17N3O/c1-10-6-7-16-14(13(10)15)17-12-5-3-4-11(8-12)9-18-2/h3-8H,9,15H2,1-2H3,(H,16,17). The molecule has 0 spiro atoms. The van der Waals surface area contributed by atoms with E-state index in [4.69, 9.17) is 10.5 Å². The lowest BCUT2D eigenvalue weighted by molar-refractivity contribution is 0.185. The first-order valence-corrected chi connectivity index (χ1v) is 5.76. The van der Waals surface area contributed by atoms with Gasteiger partial charge in [-0.25, -0.2) is 4.98 Å². The number of pyridine rings is 1. The zero-order chi connectivity index (χ0) is 13.0. The van der Waals surface area contributed by atoms with Crippen molar-refractivity contribution in [3.63, 3.8) is 0 Å². The highest BCUT2D eigenvalue weighted by Gasteiger charge is 2.03. The maximum absolute atomic E-state index is 5.98. The van der Waals surface area contributed by atoms with E-state index in [2.05, 4.69) is 10.3 Å². The van der Waals surface area contributed by atoms with Crippen molar-refractivity contribution in [2.45, 2.75) is 13.5 Å². The van der Waals surface area contributed by atoms with E-state index in [1.807, 2.05) is 37.3 Å². The lowest BCUT2D eigenvalue weighted by atomic mass is 10.2. The van der Waals surface area contributed by atoms with Crippen molar-refractivity contribution in [2.75, 3.05) is 18.2 Å². The van der Waals surface area contributed by atoms with Crippen LogP contribution in [0.2, 0.25) is 0 Å². The molecule has 0 unspecified atom stereocenters. The molecule has 1 aromatic heterocycles.